The molecular formula is C22H27N3O. The second kappa shape index (κ2) is 6.76. The maximum Gasteiger partial charge on any atom is 0.325 e. The molecule has 0 aliphatic carbocycles. The number of nitrogens with zero attached hydrogens (tertiary/aromatic N) is 2. The van der Waals surface area contributed by atoms with Crippen molar-refractivity contribution in [1.82, 2.24) is 10.2 Å². The van der Waals surface area contributed by atoms with Crippen LogP contribution in [0.25, 0.3) is 0 Å². The molecule has 0 aromatic heterocycles. The van der Waals surface area contributed by atoms with Gasteiger partial charge in [-0.3, -0.25) is 4.90 Å². The van der Waals surface area contributed by atoms with Crippen LogP contribution in [-0.4, -0.2) is 42.6 Å². The Labute approximate surface area is 155 Å². The van der Waals surface area contributed by atoms with Crippen molar-refractivity contribution in [3.8, 4) is 0 Å². The highest BCUT2D eigenvalue weighted by molar-refractivity contribution is 5.97. The van der Waals surface area contributed by atoms with Crippen LogP contribution in [0.5, 0.6) is 0 Å². The number of anilines is 1. The van der Waals surface area contributed by atoms with E-state index in [0.29, 0.717) is 5.92 Å². The molecule has 2 aliphatic heterocycles. The van der Waals surface area contributed by atoms with Crippen molar-refractivity contribution in [2.75, 3.05) is 31.1 Å². The molecule has 2 saturated heterocycles. The lowest BCUT2D eigenvalue weighted by Crippen LogP contribution is -2.52. The number of hydrogen-bond acceptors (Lipinski definition) is 2. The number of urea groups is 1. The van der Waals surface area contributed by atoms with Gasteiger partial charge in [-0.25, -0.2) is 4.79 Å². The summed E-state index contributed by atoms with van der Waals surface area (Å²) in [6.07, 6.45) is 0. The van der Waals surface area contributed by atoms with Crippen LogP contribution in [0.3, 0.4) is 0 Å². The monoisotopic (exact) mass is 349 g/mol. The molecule has 2 aliphatic rings. The van der Waals surface area contributed by atoms with Gasteiger partial charge in [-0.1, -0.05) is 62.4 Å². The van der Waals surface area contributed by atoms with Crippen LogP contribution in [0.1, 0.15) is 25.3 Å². The Morgan fingerprint density at radius 3 is 2.38 bits per heavy atom. The van der Waals surface area contributed by atoms with E-state index in [9.17, 15) is 4.79 Å². The van der Waals surface area contributed by atoms with Gasteiger partial charge < -0.3 is 10.2 Å². The summed E-state index contributed by atoms with van der Waals surface area (Å²) >= 11 is 0. The molecule has 4 heteroatoms. The Kier molecular flexibility index (Phi) is 4.45. The molecular weight excluding hydrogens is 322 g/mol. The number of benzene rings is 2. The zero-order valence-corrected chi connectivity index (χ0v) is 15.6. The van der Waals surface area contributed by atoms with Crippen molar-refractivity contribution in [1.29, 1.82) is 0 Å². The first-order chi connectivity index (χ1) is 12.6. The smallest absolute Gasteiger partial charge is 0.322 e. The summed E-state index contributed by atoms with van der Waals surface area (Å²) in [4.78, 5) is 17.5. The van der Waals surface area contributed by atoms with E-state index < -0.39 is 0 Å². The zero-order chi connectivity index (χ0) is 18.1. The van der Waals surface area contributed by atoms with Gasteiger partial charge >= 0.3 is 6.03 Å². The van der Waals surface area contributed by atoms with Crippen LogP contribution in [0.15, 0.2) is 60.7 Å². The maximum atomic E-state index is 13.4. The largest absolute Gasteiger partial charge is 0.325 e. The van der Waals surface area contributed by atoms with Gasteiger partial charge in [-0.2, -0.15) is 0 Å². The molecule has 26 heavy (non-hydrogen) atoms. The molecule has 4 nitrogen and oxygen atoms in total. The predicted octanol–water partition coefficient (Wildman–Crippen LogP) is 3.71. The van der Waals surface area contributed by atoms with E-state index in [1.807, 2.05) is 23.1 Å². The Bertz CT molecular complexity index is 761. The third-order valence-corrected chi connectivity index (χ3v) is 5.60. The SMILES string of the molecule is CC(C)CN1C[C@]2(CNC[C@@H]2c2ccccc2)N(c2ccccc2)C1=O. The van der Waals surface area contributed by atoms with Crippen LogP contribution < -0.4 is 10.2 Å². The number of nitrogens with one attached hydrogen (secondary N) is 1. The van der Waals surface area contributed by atoms with Gasteiger partial charge in [0.2, 0.25) is 0 Å². The van der Waals surface area contributed by atoms with Crippen molar-refractivity contribution < 1.29 is 4.79 Å². The molecule has 2 heterocycles. The standard InChI is InChI=1S/C22H27N3O/c1-17(2)14-24-16-22(25(21(24)26)19-11-7-4-8-12-19)15-23-13-20(22)18-9-5-3-6-10-18/h3-12,17,20,23H,13-16H2,1-2H3/t20-,22+/m1/s1. The minimum atomic E-state index is -0.241. The third-order valence-electron chi connectivity index (χ3n) is 5.60. The molecule has 2 aromatic rings. The second-order valence-corrected chi connectivity index (χ2v) is 7.93. The van der Waals surface area contributed by atoms with E-state index in [4.69, 9.17) is 0 Å². The molecule has 136 valence electrons. The van der Waals surface area contributed by atoms with Gasteiger partial charge in [-0.05, 0) is 23.6 Å². The first-order valence-corrected chi connectivity index (χ1v) is 9.52. The Morgan fingerprint density at radius 2 is 1.73 bits per heavy atom. The molecule has 2 fully saturated rings. The molecule has 0 unspecified atom stereocenters. The average Bonchev–Trinajstić information content (AvgIpc) is 3.18. The fourth-order valence-corrected chi connectivity index (χ4v) is 4.59. The summed E-state index contributed by atoms with van der Waals surface area (Å²) in [6.45, 7) is 7.63. The Morgan fingerprint density at radius 1 is 1.08 bits per heavy atom. The first kappa shape index (κ1) is 17.1. The summed E-state index contributed by atoms with van der Waals surface area (Å²) in [5.41, 5.74) is 2.06. The van der Waals surface area contributed by atoms with E-state index in [2.05, 4.69) is 66.5 Å². The summed E-state index contributed by atoms with van der Waals surface area (Å²) in [6, 6.07) is 20.9. The van der Waals surface area contributed by atoms with Crippen molar-refractivity contribution >= 4 is 11.7 Å². The molecule has 1 spiro atoms. The number of amides is 2. The van der Waals surface area contributed by atoms with E-state index in [1.165, 1.54) is 5.56 Å². The molecule has 2 amide bonds. The molecule has 0 radical (unpaired) electrons. The van der Waals surface area contributed by atoms with Crippen molar-refractivity contribution in [2.24, 2.45) is 5.92 Å². The topological polar surface area (TPSA) is 35.6 Å². The average molecular weight is 349 g/mol. The summed E-state index contributed by atoms with van der Waals surface area (Å²) in [7, 11) is 0. The lowest BCUT2D eigenvalue weighted by molar-refractivity contribution is 0.213. The molecule has 1 N–H and O–H groups in total. The number of hydrogen-bond donors (Lipinski definition) is 1. The van der Waals surface area contributed by atoms with Crippen molar-refractivity contribution in [3.63, 3.8) is 0 Å². The van der Waals surface area contributed by atoms with Gasteiger partial charge in [0, 0.05) is 37.8 Å². The third kappa shape index (κ3) is 2.78. The van der Waals surface area contributed by atoms with Gasteiger partial charge in [0.25, 0.3) is 0 Å². The van der Waals surface area contributed by atoms with Gasteiger partial charge in [0.05, 0.1) is 5.54 Å². The van der Waals surface area contributed by atoms with E-state index in [-0.39, 0.29) is 17.5 Å². The molecule has 2 atom stereocenters. The number of carbonyl (C=O) groups excluding carboxylic acids is 1. The van der Waals surface area contributed by atoms with Crippen LogP contribution in [0, 0.1) is 5.92 Å². The fourth-order valence-electron chi connectivity index (χ4n) is 4.59. The fraction of sp³-hybridized carbons (Fsp3) is 0.409. The van der Waals surface area contributed by atoms with Crippen molar-refractivity contribution in [2.45, 2.75) is 25.3 Å². The number of para-hydroxylation sites is 1. The first-order valence-electron chi connectivity index (χ1n) is 9.52. The maximum absolute atomic E-state index is 13.4. The van der Waals surface area contributed by atoms with Crippen LogP contribution in [-0.2, 0) is 0 Å². The highest BCUT2D eigenvalue weighted by Gasteiger charge is 2.57. The Balaban J connectivity index is 1.79. The summed E-state index contributed by atoms with van der Waals surface area (Å²) in [5, 5.41) is 3.58. The van der Waals surface area contributed by atoms with Gasteiger partial charge in [-0.15, -0.1) is 0 Å². The van der Waals surface area contributed by atoms with Crippen LogP contribution in [0.4, 0.5) is 10.5 Å². The highest BCUT2D eigenvalue weighted by Crippen LogP contribution is 2.44. The molecule has 4 rings (SSSR count). The predicted molar refractivity (Wildman–Crippen MR) is 106 cm³/mol. The van der Waals surface area contributed by atoms with E-state index >= 15 is 0 Å². The normalized spacial score (nSPS) is 25.7. The zero-order valence-electron chi connectivity index (χ0n) is 15.6. The van der Waals surface area contributed by atoms with E-state index in [1.54, 1.807) is 0 Å². The van der Waals surface area contributed by atoms with Crippen LogP contribution in [0.2, 0.25) is 0 Å². The number of carbonyl (C=O) groups is 1. The molecule has 2 aromatic carbocycles. The summed E-state index contributed by atoms with van der Waals surface area (Å²) in [5.74, 6) is 0.737. The van der Waals surface area contributed by atoms with Crippen LogP contribution >= 0.6 is 0 Å². The quantitative estimate of drug-likeness (QED) is 0.913. The minimum absolute atomic E-state index is 0.134. The highest BCUT2D eigenvalue weighted by atomic mass is 16.2. The van der Waals surface area contributed by atoms with Gasteiger partial charge in [0.1, 0.15) is 0 Å². The summed E-state index contributed by atoms with van der Waals surface area (Å²) < 4.78 is 0. The van der Waals surface area contributed by atoms with Gasteiger partial charge in [0.15, 0.2) is 0 Å². The Hall–Kier alpha value is -2.33. The molecule has 0 bridgehead atoms. The lowest BCUT2D eigenvalue weighted by atomic mass is 9.81. The molecule has 0 saturated carbocycles. The minimum Gasteiger partial charge on any atom is -0.322 e. The second-order valence-electron chi connectivity index (χ2n) is 7.93. The van der Waals surface area contributed by atoms with Crippen molar-refractivity contribution in [3.05, 3.63) is 66.2 Å². The van der Waals surface area contributed by atoms with E-state index in [0.717, 1.165) is 31.9 Å². The number of rotatable bonds is 4. The lowest BCUT2D eigenvalue weighted by Gasteiger charge is -2.38.